The van der Waals surface area contributed by atoms with Gasteiger partial charge >= 0.3 is 6.18 Å². The molecule has 0 spiro atoms. The van der Waals surface area contributed by atoms with Crippen LogP contribution in [0.25, 0.3) is 5.57 Å². The van der Waals surface area contributed by atoms with Gasteiger partial charge in [0.15, 0.2) is 19.8 Å². The van der Waals surface area contributed by atoms with Crippen molar-refractivity contribution < 1.29 is 26.8 Å². The van der Waals surface area contributed by atoms with E-state index in [4.69, 9.17) is 9.42 Å². The average molecular weight is 626 g/mol. The maximum atomic E-state index is 14.6. The maximum absolute atomic E-state index is 14.6. The fourth-order valence-corrected chi connectivity index (χ4v) is 7.93. The van der Waals surface area contributed by atoms with Crippen molar-refractivity contribution >= 4 is 25.4 Å². The summed E-state index contributed by atoms with van der Waals surface area (Å²) < 4.78 is 61.8. The van der Waals surface area contributed by atoms with Gasteiger partial charge in [-0.1, -0.05) is 77.8 Å². The number of fused-ring (bicyclic) bond motifs is 1. The molecule has 3 nitrogen and oxygen atoms in total. The molecule has 0 bridgehead atoms. The number of halogens is 4. The lowest BCUT2D eigenvalue weighted by molar-refractivity contribution is -0.137. The summed E-state index contributed by atoms with van der Waals surface area (Å²) in [6.07, 6.45) is 2.68. The van der Waals surface area contributed by atoms with Crippen LogP contribution in [0.1, 0.15) is 94.6 Å². The number of dihydropyridines is 1. The second kappa shape index (κ2) is 11.2. The van der Waals surface area contributed by atoms with Crippen molar-refractivity contribution in [3.63, 3.8) is 0 Å². The van der Waals surface area contributed by atoms with E-state index in [1.807, 2.05) is 0 Å². The smallest absolute Gasteiger partial charge is 0.390 e. The minimum Gasteiger partial charge on any atom is -0.390 e. The first kappa shape index (κ1) is 32.5. The van der Waals surface area contributed by atoms with Crippen molar-refractivity contribution in [1.82, 2.24) is 0 Å². The Hall–Kier alpha value is -2.84. The molecule has 0 N–H and O–H groups in total. The van der Waals surface area contributed by atoms with Gasteiger partial charge in [-0.05, 0) is 72.6 Å². The van der Waals surface area contributed by atoms with Gasteiger partial charge in [0, 0.05) is 29.0 Å². The van der Waals surface area contributed by atoms with Gasteiger partial charge in [-0.25, -0.2) is 4.39 Å². The van der Waals surface area contributed by atoms with E-state index in [1.165, 1.54) is 24.3 Å². The molecule has 1 saturated carbocycles. The Bertz CT molecular complexity index is 1520. The zero-order valence-electron chi connectivity index (χ0n) is 26.8. The van der Waals surface area contributed by atoms with Gasteiger partial charge in [-0.3, -0.25) is 9.79 Å². The summed E-state index contributed by atoms with van der Waals surface area (Å²) in [4.78, 5) is 20.1. The van der Waals surface area contributed by atoms with Crippen molar-refractivity contribution in [2.45, 2.75) is 103 Å². The van der Waals surface area contributed by atoms with Crippen molar-refractivity contribution in [2.75, 3.05) is 0 Å². The van der Waals surface area contributed by atoms with Gasteiger partial charge in [0.05, 0.1) is 16.8 Å². The molecule has 236 valence electrons. The molecule has 2 aliphatic carbocycles. The molecule has 1 fully saturated rings. The Morgan fingerprint density at radius 2 is 1.55 bits per heavy atom. The molecule has 1 unspecified atom stereocenters. The molecule has 8 heteroatoms. The third kappa shape index (κ3) is 6.17. The Kier molecular flexibility index (Phi) is 8.28. The Labute approximate surface area is 259 Å². The van der Waals surface area contributed by atoms with E-state index in [2.05, 4.69) is 53.8 Å². The maximum Gasteiger partial charge on any atom is 0.416 e. The molecule has 0 radical (unpaired) electrons. The summed E-state index contributed by atoms with van der Waals surface area (Å²) in [5.41, 5.74) is 1.34. The van der Waals surface area contributed by atoms with Crippen molar-refractivity contribution in [3.05, 3.63) is 88.3 Å². The largest absolute Gasteiger partial charge is 0.416 e. The first-order chi connectivity index (χ1) is 20.3. The highest BCUT2D eigenvalue weighted by Gasteiger charge is 2.54. The number of hydrogen-bond donors (Lipinski definition) is 0. The van der Waals surface area contributed by atoms with Crippen LogP contribution in [0.2, 0.25) is 18.1 Å². The van der Waals surface area contributed by atoms with Crippen LogP contribution in [0.15, 0.2) is 70.7 Å². The molecule has 1 aliphatic heterocycles. The number of nitrogens with zero attached hydrogens (tertiary/aromatic N) is 1. The molecule has 5 rings (SSSR count). The van der Waals surface area contributed by atoms with E-state index in [0.717, 1.165) is 49.8 Å². The molecular weight excluding hydrogens is 582 g/mol. The van der Waals surface area contributed by atoms with Crippen LogP contribution in [0.4, 0.5) is 17.6 Å². The SMILES string of the molecule is CC1(C)CC=C2C(c3ccc(F)cc3)=C(C(=O)c3ccc(C(F)(F)F)cc3)C(C3CCCC3)=NC2(O[Si](C)(C)C(C)(C)C)C1. The lowest BCUT2D eigenvalue weighted by Crippen LogP contribution is -2.54. The van der Waals surface area contributed by atoms with E-state index >= 15 is 0 Å². The third-order valence-electron chi connectivity index (χ3n) is 9.88. The lowest BCUT2D eigenvalue weighted by Gasteiger charge is -2.51. The third-order valence-corrected chi connectivity index (χ3v) is 14.3. The van der Waals surface area contributed by atoms with E-state index < -0.39 is 31.6 Å². The number of alkyl halides is 3. The molecule has 1 heterocycles. The fourth-order valence-electron chi connectivity index (χ4n) is 6.55. The predicted molar refractivity (Wildman–Crippen MR) is 171 cm³/mol. The van der Waals surface area contributed by atoms with Crippen molar-refractivity contribution in [1.29, 1.82) is 0 Å². The number of aliphatic imine (C=N–C) groups is 1. The van der Waals surface area contributed by atoms with Crippen LogP contribution in [-0.4, -0.2) is 25.5 Å². The summed E-state index contributed by atoms with van der Waals surface area (Å²) >= 11 is 0. The molecule has 44 heavy (non-hydrogen) atoms. The molecule has 2 aromatic rings. The fraction of sp³-hybridized carbons (Fsp3) is 0.500. The number of benzene rings is 2. The van der Waals surface area contributed by atoms with Gasteiger partial charge in [-0.15, -0.1) is 0 Å². The van der Waals surface area contributed by atoms with E-state index in [1.54, 1.807) is 12.1 Å². The molecule has 0 saturated heterocycles. The average Bonchev–Trinajstić information content (AvgIpc) is 3.45. The standard InChI is InChI=1S/C36H43F4NO2Si/c1-33(2,3)44(6,7)43-35-22-34(4,5)21-20-28(35)29(23-14-18-27(37)19-15-23)30(31(41-35)24-10-8-9-11-24)32(42)25-12-16-26(17-13-25)36(38,39)40/h12-20,24H,8-11,21-22H2,1-7H3. The lowest BCUT2D eigenvalue weighted by atomic mass is 9.68. The highest BCUT2D eigenvalue weighted by molar-refractivity contribution is 6.74. The number of hydrogen-bond acceptors (Lipinski definition) is 3. The van der Waals surface area contributed by atoms with Gasteiger partial charge in [0.1, 0.15) is 5.82 Å². The summed E-state index contributed by atoms with van der Waals surface area (Å²) in [5, 5.41) is -0.117. The minimum absolute atomic E-state index is 0.00493. The van der Waals surface area contributed by atoms with Crippen LogP contribution in [0.5, 0.6) is 0 Å². The Morgan fingerprint density at radius 1 is 0.955 bits per heavy atom. The van der Waals surface area contributed by atoms with Gasteiger partial charge in [0.2, 0.25) is 0 Å². The monoisotopic (exact) mass is 625 g/mol. The number of allylic oxidation sites excluding steroid dienone is 2. The summed E-state index contributed by atoms with van der Waals surface area (Å²) in [6.45, 7) is 15.4. The number of carbonyl (C=O) groups is 1. The van der Waals surface area contributed by atoms with Crippen molar-refractivity contribution in [3.8, 4) is 0 Å². The number of Topliss-reactive ketones (excluding diaryl/α,β-unsaturated/α-hetero) is 1. The molecular formula is C36H43F4NO2Si. The summed E-state index contributed by atoms with van der Waals surface area (Å²) in [5.74, 6) is -0.770. The normalized spacial score (nSPS) is 22.9. The number of rotatable bonds is 6. The van der Waals surface area contributed by atoms with Crippen LogP contribution < -0.4 is 0 Å². The second-order valence-electron chi connectivity index (χ2n) is 14.9. The predicted octanol–water partition coefficient (Wildman–Crippen LogP) is 10.6. The zero-order chi connectivity index (χ0) is 32.3. The first-order valence-electron chi connectivity index (χ1n) is 15.6. The summed E-state index contributed by atoms with van der Waals surface area (Å²) in [6, 6.07) is 10.5. The molecule has 1 atom stereocenters. The highest BCUT2D eigenvalue weighted by Crippen LogP contribution is 2.55. The Morgan fingerprint density at radius 3 is 2.09 bits per heavy atom. The number of carbonyl (C=O) groups excluding carboxylic acids is 1. The van der Waals surface area contributed by atoms with Gasteiger partial charge in [-0.2, -0.15) is 13.2 Å². The molecule has 2 aromatic carbocycles. The Balaban J connectivity index is 1.81. The molecule has 0 aromatic heterocycles. The second-order valence-corrected chi connectivity index (χ2v) is 19.7. The molecule has 0 amide bonds. The van der Waals surface area contributed by atoms with Gasteiger partial charge < -0.3 is 4.43 Å². The van der Waals surface area contributed by atoms with E-state index in [-0.39, 0.29) is 27.7 Å². The van der Waals surface area contributed by atoms with Crippen molar-refractivity contribution in [2.24, 2.45) is 16.3 Å². The van der Waals surface area contributed by atoms with Gasteiger partial charge in [0.25, 0.3) is 0 Å². The topological polar surface area (TPSA) is 38.7 Å². The quantitative estimate of drug-likeness (QED) is 0.182. The van der Waals surface area contributed by atoms with E-state index in [0.29, 0.717) is 28.8 Å². The summed E-state index contributed by atoms with van der Waals surface area (Å²) in [7, 11) is -2.44. The van der Waals surface area contributed by atoms with Crippen LogP contribution in [0.3, 0.4) is 0 Å². The molecule has 3 aliphatic rings. The first-order valence-corrected chi connectivity index (χ1v) is 18.5. The van der Waals surface area contributed by atoms with Crippen LogP contribution in [-0.2, 0) is 10.6 Å². The van der Waals surface area contributed by atoms with E-state index in [9.17, 15) is 22.4 Å². The zero-order valence-corrected chi connectivity index (χ0v) is 27.8. The number of ketones is 1. The highest BCUT2D eigenvalue weighted by atomic mass is 28.4. The minimum atomic E-state index is -4.51. The van der Waals surface area contributed by atoms with Crippen LogP contribution in [0, 0.1) is 17.2 Å². The van der Waals surface area contributed by atoms with Crippen LogP contribution >= 0.6 is 0 Å².